The third-order valence-corrected chi connectivity index (χ3v) is 7.11. The van der Waals surface area contributed by atoms with E-state index in [0.717, 1.165) is 70.9 Å². The van der Waals surface area contributed by atoms with Crippen molar-refractivity contribution in [2.75, 3.05) is 64.5 Å². The summed E-state index contributed by atoms with van der Waals surface area (Å²) >= 11 is 0. The van der Waals surface area contributed by atoms with Gasteiger partial charge in [-0.3, -0.25) is 9.89 Å². The predicted molar refractivity (Wildman–Crippen MR) is 144 cm³/mol. The fraction of sp³-hybridized carbons (Fsp3) is 0.750. The number of guanidine groups is 1. The van der Waals surface area contributed by atoms with Crippen LogP contribution in [0.15, 0.2) is 23.3 Å². The molecular formula is C24H41IN6O2. The van der Waals surface area contributed by atoms with Gasteiger partial charge < -0.3 is 25.0 Å². The molecule has 0 radical (unpaired) electrons. The minimum Gasteiger partial charge on any atom is -0.379 e. The van der Waals surface area contributed by atoms with Crippen LogP contribution < -0.4 is 15.5 Å². The van der Waals surface area contributed by atoms with E-state index in [2.05, 4.69) is 49.5 Å². The molecule has 0 amide bonds. The van der Waals surface area contributed by atoms with Gasteiger partial charge in [-0.2, -0.15) is 0 Å². The average Bonchev–Trinajstić information content (AvgIpc) is 2.85. The van der Waals surface area contributed by atoms with Crippen molar-refractivity contribution in [3.8, 4) is 0 Å². The third kappa shape index (κ3) is 7.16. The van der Waals surface area contributed by atoms with E-state index in [4.69, 9.17) is 9.47 Å². The molecule has 1 aromatic heterocycles. The Morgan fingerprint density at radius 3 is 2.67 bits per heavy atom. The molecule has 33 heavy (non-hydrogen) atoms. The lowest BCUT2D eigenvalue weighted by atomic mass is 9.80. The number of aromatic nitrogens is 1. The molecule has 0 bridgehead atoms. The molecule has 2 saturated heterocycles. The van der Waals surface area contributed by atoms with E-state index in [-0.39, 0.29) is 35.6 Å². The van der Waals surface area contributed by atoms with Crippen LogP contribution in [-0.4, -0.2) is 87.1 Å². The number of anilines is 1. The number of nitrogens with one attached hydrogen (secondary N) is 2. The van der Waals surface area contributed by atoms with Crippen LogP contribution in [-0.2, 0) is 16.0 Å². The van der Waals surface area contributed by atoms with Gasteiger partial charge in [-0.1, -0.05) is 19.3 Å². The number of ether oxygens (including phenoxy) is 2. The van der Waals surface area contributed by atoms with Gasteiger partial charge in [0, 0.05) is 58.1 Å². The Kier molecular flexibility index (Phi) is 10.5. The van der Waals surface area contributed by atoms with Gasteiger partial charge in [0.05, 0.1) is 25.9 Å². The fourth-order valence-corrected chi connectivity index (χ4v) is 5.28. The van der Waals surface area contributed by atoms with Gasteiger partial charge in [-0.15, -0.1) is 24.0 Å². The molecule has 2 N–H and O–H groups in total. The Hall–Kier alpha value is -1.17. The van der Waals surface area contributed by atoms with Crippen LogP contribution in [0.3, 0.4) is 0 Å². The van der Waals surface area contributed by atoms with Gasteiger partial charge in [0.25, 0.3) is 0 Å². The minimum absolute atomic E-state index is 0. The molecule has 186 valence electrons. The Balaban J connectivity index is 0.00000306. The smallest absolute Gasteiger partial charge is 0.191 e. The maximum Gasteiger partial charge on any atom is 0.191 e. The van der Waals surface area contributed by atoms with E-state index in [1.165, 1.54) is 37.7 Å². The van der Waals surface area contributed by atoms with Crippen molar-refractivity contribution < 1.29 is 9.47 Å². The summed E-state index contributed by atoms with van der Waals surface area (Å²) in [4.78, 5) is 14.0. The Bertz CT molecular complexity index is 752. The van der Waals surface area contributed by atoms with Crippen molar-refractivity contribution in [1.29, 1.82) is 0 Å². The van der Waals surface area contributed by atoms with Crippen LogP contribution >= 0.6 is 24.0 Å². The largest absolute Gasteiger partial charge is 0.379 e. The summed E-state index contributed by atoms with van der Waals surface area (Å²) in [5.74, 6) is 1.89. The van der Waals surface area contributed by atoms with Crippen LogP contribution in [0.1, 0.15) is 44.6 Å². The first-order valence-electron chi connectivity index (χ1n) is 12.3. The minimum atomic E-state index is 0. The predicted octanol–water partition coefficient (Wildman–Crippen LogP) is 2.62. The summed E-state index contributed by atoms with van der Waals surface area (Å²) in [7, 11) is 1.85. The molecule has 8 nitrogen and oxygen atoms in total. The lowest BCUT2D eigenvalue weighted by Gasteiger charge is -2.48. The quantitative estimate of drug-likeness (QED) is 0.309. The van der Waals surface area contributed by atoms with Crippen molar-refractivity contribution in [2.24, 2.45) is 4.99 Å². The van der Waals surface area contributed by atoms with E-state index in [1.807, 2.05) is 13.2 Å². The molecule has 1 aromatic rings. The number of rotatable bonds is 6. The maximum absolute atomic E-state index is 5.67. The molecule has 3 aliphatic rings. The topological polar surface area (TPSA) is 74.2 Å². The molecule has 0 aromatic carbocycles. The standard InChI is InChI=1S/C24H40N6O2.HI/c1-20-18-29(10-15-32-20)22-16-21(6-9-26-22)17-27-23(25-2)28-19-24(7-4-3-5-8-24)30-11-13-31-14-12-30;/h6,9,16,20H,3-5,7-8,10-15,17-19H2,1-2H3,(H2,25,27,28);1H. The molecule has 1 atom stereocenters. The van der Waals surface area contributed by atoms with Crippen molar-refractivity contribution in [3.05, 3.63) is 23.9 Å². The third-order valence-electron chi connectivity index (χ3n) is 7.11. The Morgan fingerprint density at radius 1 is 1.15 bits per heavy atom. The van der Waals surface area contributed by atoms with Crippen molar-refractivity contribution in [3.63, 3.8) is 0 Å². The van der Waals surface area contributed by atoms with Gasteiger partial charge in [0.1, 0.15) is 5.82 Å². The van der Waals surface area contributed by atoms with E-state index in [0.29, 0.717) is 0 Å². The number of morpholine rings is 2. The number of pyridine rings is 1. The first-order chi connectivity index (χ1) is 15.7. The molecule has 1 aliphatic carbocycles. The summed E-state index contributed by atoms with van der Waals surface area (Å²) in [6.07, 6.45) is 8.62. The Labute approximate surface area is 215 Å². The fourth-order valence-electron chi connectivity index (χ4n) is 5.28. The second-order valence-corrected chi connectivity index (χ2v) is 9.31. The molecular weight excluding hydrogens is 531 g/mol. The normalized spacial score (nSPS) is 24.1. The summed E-state index contributed by atoms with van der Waals surface area (Å²) < 4.78 is 11.3. The molecule has 1 unspecified atom stereocenters. The second-order valence-electron chi connectivity index (χ2n) is 9.31. The second kappa shape index (κ2) is 13.1. The summed E-state index contributed by atoms with van der Waals surface area (Å²) in [6, 6.07) is 4.25. The molecule has 9 heteroatoms. The zero-order valence-corrected chi connectivity index (χ0v) is 22.6. The average molecular weight is 573 g/mol. The number of hydrogen-bond donors (Lipinski definition) is 2. The first-order valence-corrected chi connectivity index (χ1v) is 12.3. The Morgan fingerprint density at radius 2 is 1.94 bits per heavy atom. The maximum atomic E-state index is 5.67. The monoisotopic (exact) mass is 572 g/mol. The molecule has 4 rings (SSSR count). The summed E-state index contributed by atoms with van der Waals surface area (Å²) in [5, 5.41) is 7.15. The highest BCUT2D eigenvalue weighted by Crippen LogP contribution is 2.33. The molecule has 1 saturated carbocycles. The van der Waals surface area contributed by atoms with Crippen LogP contribution in [0.5, 0.6) is 0 Å². The molecule has 0 spiro atoms. The number of aliphatic imine (C=N–C) groups is 1. The van der Waals surface area contributed by atoms with Crippen LogP contribution in [0.2, 0.25) is 0 Å². The van der Waals surface area contributed by atoms with Crippen LogP contribution in [0.4, 0.5) is 5.82 Å². The zero-order chi connectivity index (χ0) is 22.2. The van der Waals surface area contributed by atoms with E-state index in [9.17, 15) is 0 Å². The molecule has 3 fully saturated rings. The van der Waals surface area contributed by atoms with Crippen LogP contribution in [0.25, 0.3) is 0 Å². The highest BCUT2D eigenvalue weighted by atomic mass is 127. The summed E-state index contributed by atoms with van der Waals surface area (Å²) in [6.45, 7) is 10.1. The highest BCUT2D eigenvalue weighted by molar-refractivity contribution is 14.0. The van der Waals surface area contributed by atoms with Gasteiger partial charge >= 0.3 is 0 Å². The van der Waals surface area contributed by atoms with Crippen LogP contribution in [0, 0.1) is 0 Å². The first kappa shape index (κ1) is 26.4. The van der Waals surface area contributed by atoms with Gasteiger partial charge in [-0.25, -0.2) is 4.98 Å². The van der Waals surface area contributed by atoms with Crippen molar-refractivity contribution in [1.82, 2.24) is 20.5 Å². The zero-order valence-electron chi connectivity index (χ0n) is 20.2. The van der Waals surface area contributed by atoms with Gasteiger partial charge in [-0.05, 0) is 37.5 Å². The van der Waals surface area contributed by atoms with E-state index in [1.54, 1.807) is 0 Å². The molecule has 3 heterocycles. The van der Waals surface area contributed by atoms with Crippen molar-refractivity contribution >= 4 is 35.8 Å². The lowest BCUT2D eigenvalue weighted by molar-refractivity contribution is -0.0352. The number of hydrogen-bond acceptors (Lipinski definition) is 6. The van der Waals surface area contributed by atoms with Crippen molar-refractivity contribution in [2.45, 2.75) is 57.2 Å². The SMILES string of the molecule is CN=C(NCc1ccnc(N2CCOC(C)C2)c1)NCC1(N2CCOCC2)CCCCC1.I. The van der Waals surface area contributed by atoms with Gasteiger partial charge in [0.15, 0.2) is 5.96 Å². The lowest BCUT2D eigenvalue weighted by Crippen LogP contribution is -2.60. The summed E-state index contributed by atoms with van der Waals surface area (Å²) in [5.41, 5.74) is 1.42. The molecule has 2 aliphatic heterocycles. The van der Waals surface area contributed by atoms with E-state index < -0.39 is 0 Å². The number of halogens is 1. The van der Waals surface area contributed by atoms with Gasteiger partial charge in [0.2, 0.25) is 0 Å². The number of nitrogens with zero attached hydrogens (tertiary/aromatic N) is 4. The highest BCUT2D eigenvalue weighted by Gasteiger charge is 2.38. The van der Waals surface area contributed by atoms with E-state index >= 15 is 0 Å².